The molecule has 0 unspecified atom stereocenters. The fourth-order valence-electron chi connectivity index (χ4n) is 1.77. The predicted octanol–water partition coefficient (Wildman–Crippen LogP) is 2.43. The minimum Gasteiger partial charge on any atom is -0.481 e. The van der Waals surface area contributed by atoms with Gasteiger partial charge in [0.2, 0.25) is 0 Å². The van der Waals surface area contributed by atoms with Gasteiger partial charge in [-0.2, -0.15) is 0 Å². The van der Waals surface area contributed by atoms with E-state index >= 15 is 0 Å². The van der Waals surface area contributed by atoms with Gasteiger partial charge in [0, 0.05) is 22.6 Å². The molecule has 1 aromatic rings. The van der Waals surface area contributed by atoms with E-state index in [1.807, 2.05) is 18.2 Å². The lowest BCUT2D eigenvalue weighted by Crippen LogP contribution is -2.07. The molecule has 1 aliphatic heterocycles. The minimum atomic E-state index is -0.746. The molecule has 4 heteroatoms. The number of rotatable bonds is 2. The number of carboxylic acid groups (broad SMARTS) is 1. The predicted molar refractivity (Wildman–Crippen MR) is 57.6 cm³/mol. The second kappa shape index (κ2) is 3.61. The highest BCUT2D eigenvalue weighted by Crippen LogP contribution is 2.35. The van der Waals surface area contributed by atoms with Gasteiger partial charge in [-0.15, -0.1) is 0 Å². The first-order valence-electron chi connectivity index (χ1n) is 4.42. The molecule has 2 rings (SSSR count). The van der Waals surface area contributed by atoms with E-state index in [0.717, 1.165) is 22.3 Å². The van der Waals surface area contributed by atoms with Crippen molar-refractivity contribution in [3.63, 3.8) is 0 Å². The topological polar surface area (TPSA) is 49.3 Å². The Labute approximate surface area is 90.3 Å². The quantitative estimate of drug-likeness (QED) is 0.854. The first-order valence-corrected chi connectivity index (χ1v) is 5.21. The van der Waals surface area contributed by atoms with E-state index in [-0.39, 0.29) is 12.3 Å². The summed E-state index contributed by atoms with van der Waals surface area (Å²) >= 11 is 3.38. The van der Waals surface area contributed by atoms with Crippen LogP contribution < -0.4 is 5.32 Å². The summed E-state index contributed by atoms with van der Waals surface area (Å²) in [5, 5.41) is 11.9. The summed E-state index contributed by atoms with van der Waals surface area (Å²) in [7, 11) is 0. The number of nitrogens with one attached hydrogen (secondary N) is 1. The zero-order valence-corrected chi connectivity index (χ0v) is 9.04. The molecule has 3 nitrogen and oxygen atoms in total. The molecule has 0 spiro atoms. The Hall–Kier alpha value is -1.03. The molecule has 0 amide bonds. The van der Waals surface area contributed by atoms with E-state index in [0.29, 0.717) is 0 Å². The summed E-state index contributed by atoms with van der Waals surface area (Å²) in [6.07, 6.45) is 0.191. The van der Waals surface area contributed by atoms with Crippen molar-refractivity contribution in [1.82, 2.24) is 0 Å². The maximum absolute atomic E-state index is 10.6. The Morgan fingerprint density at radius 1 is 1.64 bits per heavy atom. The van der Waals surface area contributed by atoms with Crippen molar-refractivity contribution in [3.05, 3.63) is 28.2 Å². The summed E-state index contributed by atoms with van der Waals surface area (Å²) in [5.74, 6) is -0.648. The summed E-state index contributed by atoms with van der Waals surface area (Å²) < 4.78 is 0.996. The Kier molecular flexibility index (Phi) is 2.46. The summed E-state index contributed by atoms with van der Waals surface area (Å²) in [4.78, 5) is 10.6. The molecular formula is C10H10BrNO2. The van der Waals surface area contributed by atoms with Gasteiger partial charge in [0.15, 0.2) is 0 Å². The Morgan fingerprint density at radius 3 is 3.14 bits per heavy atom. The maximum atomic E-state index is 10.6. The highest BCUT2D eigenvalue weighted by Gasteiger charge is 2.24. The SMILES string of the molecule is O=C(O)C[C@H]1CNc2ccc(Br)cc21. The van der Waals surface area contributed by atoms with E-state index in [1.54, 1.807) is 0 Å². The molecule has 74 valence electrons. The lowest BCUT2D eigenvalue weighted by molar-refractivity contribution is -0.137. The van der Waals surface area contributed by atoms with Crippen molar-refractivity contribution < 1.29 is 9.90 Å². The average molecular weight is 256 g/mol. The van der Waals surface area contributed by atoms with Crippen LogP contribution in [0.25, 0.3) is 0 Å². The van der Waals surface area contributed by atoms with Crippen LogP contribution in [0.15, 0.2) is 22.7 Å². The standard InChI is InChI=1S/C10H10BrNO2/c11-7-1-2-9-8(4-7)6(5-12-9)3-10(13)14/h1-2,4,6,12H,3,5H2,(H,13,14)/t6-/m0/s1. The fraction of sp³-hybridized carbons (Fsp3) is 0.300. The molecule has 1 aliphatic rings. The largest absolute Gasteiger partial charge is 0.481 e. The number of carboxylic acids is 1. The van der Waals surface area contributed by atoms with Crippen molar-refractivity contribution in [2.24, 2.45) is 0 Å². The molecule has 0 saturated heterocycles. The number of aliphatic carboxylic acids is 1. The van der Waals surface area contributed by atoms with Gasteiger partial charge < -0.3 is 10.4 Å². The van der Waals surface area contributed by atoms with Crippen molar-refractivity contribution >= 4 is 27.6 Å². The van der Waals surface area contributed by atoms with Crippen LogP contribution in [0.3, 0.4) is 0 Å². The molecule has 1 atom stereocenters. The minimum absolute atomic E-state index is 0.0972. The average Bonchev–Trinajstić information content (AvgIpc) is 2.47. The van der Waals surface area contributed by atoms with E-state index in [2.05, 4.69) is 21.2 Å². The Bertz CT molecular complexity index is 378. The molecule has 0 fully saturated rings. The molecule has 2 N–H and O–H groups in total. The number of benzene rings is 1. The summed E-state index contributed by atoms with van der Waals surface area (Å²) in [5.41, 5.74) is 2.15. The lowest BCUT2D eigenvalue weighted by atomic mass is 9.98. The summed E-state index contributed by atoms with van der Waals surface area (Å²) in [6.45, 7) is 0.720. The monoisotopic (exact) mass is 255 g/mol. The van der Waals surface area contributed by atoms with Crippen LogP contribution in [0.1, 0.15) is 17.9 Å². The maximum Gasteiger partial charge on any atom is 0.304 e. The first kappa shape index (κ1) is 9.52. The van der Waals surface area contributed by atoms with Gasteiger partial charge in [0.1, 0.15) is 0 Å². The molecule has 0 aliphatic carbocycles. The molecule has 0 saturated carbocycles. The number of hydrogen-bond donors (Lipinski definition) is 2. The Balaban J connectivity index is 2.28. The van der Waals surface area contributed by atoms with Gasteiger partial charge in [-0.3, -0.25) is 4.79 Å². The van der Waals surface area contributed by atoms with Crippen LogP contribution in [0.5, 0.6) is 0 Å². The molecule has 0 radical (unpaired) electrons. The van der Waals surface area contributed by atoms with Gasteiger partial charge in [-0.25, -0.2) is 0 Å². The van der Waals surface area contributed by atoms with Crippen molar-refractivity contribution in [2.75, 3.05) is 11.9 Å². The van der Waals surface area contributed by atoms with Crippen LogP contribution in [0.4, 0.5) is 5.69 Å². The molecule has 1 aromatic carbocycles. The zero-order chi connectivity index (χ0) is 10.1. The van der Waals surface area contributed by atoms with Crippen LogP contribution in [-0.4, -0.2) is 17.6 Å². The lowest BCUT2D eigenvalue weighted by Gasteiger charge is -2.06. The number of halogens is 1. The number of anilines is 1. The molecule has 0 bridgehead atoms. The molecular weight excluding hydrogens is 246 g/mol. The Morgan fingerprint density at radius 2 is 2.43 bits per heavy atom. The first-order chi connectivity index (χ1) is 6.66. The number of hydrogen-bond acceptors (Lipinski definition) is 2. The third kappa shape index (κ3) is 1.75. The van der Waals surface area contributed by atoms with Crippen molar-refractivity contribution in [2.45, 2.75) is 12.3 Å². The molecule has 0 aromatic heterocycles. The fourth-order valence-corrected chi connectivity index (χ4v) is 2.15. The van der Waals surface area contributed by atoms with Crippen molar-refractivity contribution in [1.29, 1.82) is 0 Å². The second-order valence-electron chi connectivity index (χ2n) is 3.41. The second-order valence-corrected chi connectivity index (χ2v) is 4.32. The van der Waals surface area contributed by atoms with E-state index < -0.39 is 5.97 Å². The van der Waals surface area contributed by atoms with Gasteiger partial charge >= 0.3 is 5.97 Å². The smallest absolute Gasteiger partial charge is 0.304 e. The normalized spacial score (nSPS) is 18.8. The third-order valence-electron chi connectivity index (χ3n) is 2.41. The summed E-state index contributed by atoms with van der Waals surface area (Å²) in [6, 6.07) is 5.92. The molecule has 1 heterocycles. The van der Waals surface area contributed by atoms with Crippen LogP contribution >= 0.6 is 15.9 Å². The molecule has 14 heavy (non-hydrogen) atoms. The van der Waals surface area contributed by atoms with Gasteiger partial charge in [0.25, 0.3) is 0 Å². The van der Waals surface area contributed by atoms with Crippen LogP contribution in [-0.2, 0) is 4.79 Å². The van der Waals surface area contributed by atoms with Gasteiger partial charge in [-0.05, 0) is 23.8 Å². The van der Waals surface area contributed by atoms with Crippen LogP contribution in [0.2, 0.25) is 0 Å². The zero-order valence-electron chi connectivity index (χ0n) is 7.46. The van der Waals surface area contributed by atoms with Gasteiger partial charge in [-0.1, -0.05) is 15.9 Å². The number of fused-ring (bicyclic) bond motifs is 1. The van der Waals surface area contributed by atoms with E-state index in [9.17, 15) is 4.79 Å². The highest BCUT2D eigenvalue weighted by atomic mass is 79.9. The highest BCUT2D eigenvalue weighted by molar-refractivity contribution is 9.10. The van der Waals surface area contributed by atoms with Crippen LogP contribution in [0, 0.1) is 0 Å². The van der Waals surface area contributed by atoms with Crippen molar-refractivity contribution in [3.8, 4) is 0 Å². The van der Waals surface area contributed by atoms with Gasteiger partial charge in [0.05, 0.1) is 6.42 Å². The van der Waals surface area contributed by atoms with E-state index in [4.69, 9.17) is 5.11 Å². The third-order valence-corrected chi connectivity index (χ3v) is 2.91. The van der Waals surface area contributed by atoms with E-state index in [1.165, 1.54) is 0 Å². The number of carbonyl (C=O) groups is 1.